The van der Waals surface area contributed by atoms with Crippen LogP contribution in [0.3, 0.4) is 0 Å². The molecule has 0 unspecified atom stereocenters. The van der Waals surface area contributed by atoms with E-state index in [-0.39, 0.29) is 11.9 Å². The maximum absolute atomic E-state index is 12.3. The van der Waals surface area contributed by atoms with Crippen LogP contribution in [0.5, 0.6) is 11.5 Å². The molecule has 1 aliphatic heterocycles. The molecule has 3 aromatic rings. The maximum atomic E-state index is 12.3. The third kappa shape index (κ3) is 2.93. The van der Waals surface area contributed by atoms with Gasteiger partial charge in [0.15, 0.2) is 11.5 Å². The molecule has 0 saturated heterocycles. The molecular weight excluding hydrogens is 354 g/mol. The summed E-state index contributed by atoms with van der Waals surface area (Å²) in [5.41, 5.74) is 0.401. The Hall–Kier alpha value is -2.58. The van der Waals surface area contributed by atoms with E-state index in [4.69, 9.17) is 25.5 Å². The Morgan fingerprint density at radius 1 is 1.12 bits per heavy atom. The number of halogens is 1. The van der Waals surface area contributed by atoms with Crippen molar-refractivity contribution >= 4 is 34.9 Å². The normalized spacial score (nSPS) is 12.9. The smallest absolute Gasteiger partial charge is 0.322 e. The molecule has 0 bridgehead atoms. The van der Waals surface area contributed by atoms with Crippen molar-refractivity contribution in [1.29, 1.82) is 0 Å². The second-order valence-corrected chi connectivity index (χ2v) is 6.54. The van der Waals surface area contributed by atoms with E-state index in [9.17, 15) is 4.79 Å². The van der Waals surface area contributed by atoms with E-state index in [0.29, 0.717) is 40.5 Å². The van der Waals surface area contributed by atoms with Crippen LogP contribution in [-0.2, 0) is 0 Å². The Morgan fingerprint density at radius 2 is 1.96 bits per heavy atom. The lowest BCUT2D eigenvalue weighted by Gasteiger charge is -2.18. The van der Waals surface area contributed by atoms with Crippen molar-refractivity contribution in [3.8, 4) is 22.3 Å². The third-order valence-electron chi connectivity index (χ3n) is 3.23. The zero-order chi connectivity index (χ0) is 16.5. The summed E-state index contributed by atoms with van der Waals surface area (Å²) in [5.74, 6) is 1.07. The van der Waals surface area contributed by atoms with Crippen molar-refractivity contribution in [3.63, 3.8) is 0 Å². The number of benzene rings is 1. The van der Waals surface area contributed by atoms with Gasteiger partial charge in [-0.2, -0.15) is 0 Å². The van der Waals surface area contributed by atoms with Crippen LogP contribution in [0.25, 0.3) is 10.8 Å². The minimum atomic E-state index is -0.383. The van der Waals surface area contributed by atoms with Crippen LogP contribution in [0.15, 0.2) is 34.7 Å². The van der Waals surface area contributed by atoms with Crippen LogP contribution >= 0.6 is 22.9 Å². The quantitative estimate of drug-likeness (QED) is 0.766. The van der Waals surface area contributed by atoms with Crippen LogP contribution in [0.4, 0.5) is 6.01 Å². The molecule has 1 aromatic carbocycles. The minimum absolute atomic E-state index is 0.00871. The zero-order valence-corrected chi connectivity index (χ0v) is 13.7. The average Bonchev–Trinajstić information content (AvgIpc) is 3.23. The molecule has 1 aliphatic rings. The molecule has 0 saturated carbocycles. The van der Waals surface area contributed by atoms with Gasteiger partial charge >= 0.3 is 6.01 Å². The van der Waals surface area contributed by atoms with Crippen LogP contribution in [0.1, 0.15) is 10.4 Å². The summed E-state index contributed by atoms with van der Waals surface area (Å²) < 4.78 is 16.9. The standard InChI is InChI=1S/C15H10ClN3O4S/c16-12-4-3-11(24-12)14-18-19-15(23-14)17-13(20)8-1-2-9-10(7-8)22-6-5-21-9/h1-4,7H,5-6H2,(H,17,19,20). The van der Waals surface area contributed by atoms with Gasteiger partial charge in [0.05, 0.1) is 9.21 Å². The topological polar surface area (TPSA) is 86.5 Å². The molecular formula is C15H10ClN3O4S. The molecule has 0 fully saturated rings. The van der Waals surface area contributed by atoms with Crippen molar-refractivity contribution in [3.05, 3.63) is 40.2 Å². The van der Waals surface area contributed by atoms with Gasteiger partial charge in [-0.1, -0.05) is 16.7 Å². The first-order chi connectivity index (χ1) is 11.7. The van der Waals surface area contributed by atoms with E-state index in [1.165, 1.54) is 11.3 Å². The predicted octanol–water partition coefficient (Wildman–Crippen LogP) is 3.48. The highest BCUT2D eigenvalue weighted by Gasteiger charge is 2.17. The van der Waals surface area contributed by atoms with Gasteiger partial charge in [0.25, 0.3) is 11.8 Å². The highest BCUT2D eigenvalue weighted by atomic mass is 35.5. The average molecular weight is 364 g/mol. The SMILES string of the molecule is O=C(Nc1nnc(-c2ccc(Cl)s2)o1)c1ccc2c(c1)OCCO2. The molecule has 1 N–H and O–H groups in total. The lowest BCUT2D eigenvalue weighted by molar-refractivity contribution is 0.102. The van der Waals surface area contributed by atoms with Crippen molar-refractivity contribution in [2.45, 2.75) is 0 Å². The Morgan fingerprint density at radius 3 is 2.75 bits per heavy atom. The van der Waals surface area contributed by atoms with Gasteiger partial charge in [-0.3, -0.25) is 10.1 Å². The summed E-state index contributed by atoms with van der Waals surface area (Å²) in [5, 5.41) is 10.3. The molecule has 0 atom stereocenters. The van der Waals surface area contributed by atoms with Crippen LogP contribution < -0.4 is 14.8 Å². The summed E-state index contributed by atoms with van der Waals surface area (Å²) in [7, 11) is 0. The van der Waals surface area contributed by atoms with E-state index < -0.39 is 0 Å². The summed E-state index contributed by atoms with van der Waals surface area (Å²) in [4.78, 5) is 13.0. The van der Waals surface area contributed by atoms with E-state index >= 15 is 0 Å². The fourth-order valence-electron chi connectivity index (χ4n) is 2.16. The van der Waals surface area contributed by atoms with Gasteiger partial charge in [-0.15, -0.1) is 16.4 Å². The van der Waals surface area contributed by atoms with Crippen molar-refractivity contribution in [1.82, 2.24) is 10.2 Å². The van der Waals surface area contributed by atoms with Crippen molar-refractivity contribution < 1.29 is 18.7 Å². The molecule has 1 amide bonds. The maximum Gasteiger partial charge on any atom is 0.322 e. The van der Waals surface area contributed by atoms with E-state index in [1.54, 1.807) is 30.3 Å². The number of thiophene rings is 1. The molecule has 3 heterocycles. The first kappa shape index (κ1) is 15.0. The summed E-state index contributed by atoms with van der Waals surface area (Å²) in [6, 6.07) is 8.45. The van der Waals surface area contributed by atoms with Gasteiger partial charge in [0.1, 0.15) is 13.2 Å². The highest BCUT2D eigenvalue weighted by molar-refractivity contribution is 7.19. The number of aromatic nitrogens is 2. The first-order valence-electron chi connectivity index (χ1n) is 6.99. The lowest BCUT2D eigenvalue weighted by Crippen LogP contribution is -2.17. The Kier molecular flexibility index (Phi) is 3.83. The largest absolute Gasteiger partial charge is 0.486 e. The molecule has 0 radical (unpaired) electrons. The molecule has 9 heteroatoms. The zero-order valence-electron chi connectivity index (χ0n) is 12.1. The predicted molar refractivity (Wildman–Crippen MR) is 88.0 cm³/mol. The number of carbonyl (C=O) groups is 1. The highest BCUT2D eigenvalue weighted by Crippen LogP contribution is 2.32. The number of hydrogen-bond donors (Lipinski definition) is 1. The number of amides is 1. The van der Waals surface area contributed by atoms with Crippen molar-refractivity contribution in [2.24, 2.45) is 0 Å². The Labute approximate surface area is 145 Å². The number of carbonyl (C=O) groups excluding carboxylic acids is 1. The minimum Gasteiger partial charge on any atom is -0.486 e. The monoisotopic (exact) mass is 363 g/mol. The van der Waals surface area contributed by atoms with Crippen LogP contribution in [0.2, 0.25) is 4.34 Å². The molecule has 24 heavy (non-hydrogen) atoms. The molecule has 2 aromatic heterocycles. The van der Waals surface area contributed by atoms with Gasteiger partial charge in [0.2, 0.25) is 0 Å². The van der Waals surface area contributed by atoms with E-state index in [1.807, 2.05) is 0 Å². The molecule has 122 valence electrons. The molecule has 7 nitrogen and oxygen atoms in total. The van der Waals surface area contributed by atoms with Crippen molar-refractivity contribution in [2.75, 3.05) is 18.5 Å². The van der Waals surface area contributed by atoms with Gasteiger partial charge in [-0.25, -0.2) is 0 Å². The number of nitrogens with zero attached hydrogens (tertiary/aromatic N) is 2. The van der Waals surface area contributed by atoms with Gasteiger partial charge < -0.3 is 13.9 Å². The Balaban J connectivity index is 1.51. The number of ether oxygens (including phenoxy) is 2. The summed E-state index contributed by atoms with van der Waals surface area (Å²) in [6.45, 7) is 0.949. The second-order valence-electron chi connectivity index (χ2n) is 4.83. The van der Waals surface area contributed by atoms with Crippen LogP contribution in [-0.4, -0.2) is 29.3 Å². The fraction of sp³-hybridized carbons (Fsp3) is 0.133. The molecule has 0 spiro atoms. The number of fused-ring (bicyclic) bond motifs is 1. The number of anilines is 1. The number of hydrogen-bond acceptors (Lipinski definition) is 7. The second kappa shape index (κ2) is 6.14. The molecule has 4 rings (SSSR count). The third-order valence-corrected chi connectivity index (χ3v) is 4.45. The van der Waals surface area contributed by atoms with E-state index in [2.05, 4.69) is 15.5 Å². The number of rotatable bonds is 3. The number of nitrogens with one attached hydrogen (secondary N) is 1. The van der Waals surface area contributed by atoms with Crippen LogP contribution in [0, 0.1) is 0 Å². The molecule has 0 aliphatic carbocycles. The van der Waals surface area contributed by atoms with Gasteiger partial charge in [-0.05, 0) is 30.3 Å². The summed E-state index contributed by atoms with van der Waals surface area (Å²) >= 11 is 7.19. The fourth-order valence-corrected chi connectivity index (χ4v) is 3.12. The van der Waals surface area contributed by atoms with Gasteiger partial charge in [0, 0.05) is 5.56 Å². The lowest BCUT2D eigenvalue weighted by atomic mass is 10.2. The Bertz CT molecular complexity index is 908. The summed E-state index contributed by atoms with van der Waals surface area (Å²) in [6.07, 6.45) is 0. The van der Waals surface area contributed by atoms with E-state index in [0.717, 1.165) is 4.88 Å². The first-order valence-corrected chi connectivity index (χ1v) is 8.19.